The molecular formula is C14H21NO3. The number of nitrogens with one attached hydrogen (secondary N) is 1. The van der Waals surface area contributed by atoms with E-state index in [0.29, 0.717) is 5.75 Å². The lowest BCUT2D eigenvalue weighted by Gasteiger charge is -2.22. The van der Waals surface area contributed by atoms with Crippen molar-refractivity contribution in [1.29, 1.82) is 0 Å². The summed E-state index contributed by atoms with van der Waals surface area (Å²) in [4.78, 5) is 11.6. The van der Waals surface area contributed by atoms with Crippen molar-refractivity contribution in [2.45, 2.75) is 39.3 Å². The molecule has 0 saturated carbocycles. The molecule has 0 aliphatic heterocycles. The van der Waals surface area contributed by atoms with Crippen LogP contribution in [-0.4, -0.2) is 29.3 Å². The average Bonchev–Trinajstić information content (AvgIpc) is 2.25. The molecule has 0 saturated heterocycles. The number of carbonyl (C=O) groups is 1. The van der Waals surface area contributed by atoms with Crippen molar-refractivity contribution in [2.24, 2.45) is 0 Å². The Bertz CT molecular complexity index is 392. The van der Waals surface area contributed by atoms with E-state index in [9.17, 15) is 9.90 Å². The van der Waals surface area contributed by atoms with Gasteiger partial charge in [-0.25, -0.2) is 0 Å². The van der Waals surface area contributed by atoms with Gasteiger partial charge >= 0.3 is 0 Å². The van der Waals surface area contributed by atoms with Crippen LogP contribution < -0.4 is 10.1 Å². The second-order valence-electron chi connectivity index (χ2n) is 5.38. The van der Waals surface area contributed by atoms with Crippen LogP contribution in [0.5, 0.6) is 5.75 Å². The molecule has 1 aromatic carbocycles. The first kappa shape index (κ1) is 14.5. The number of benzene rings is 1. The fourth-order valence-corrected chi connectivity index (χ4v) is 1.34. The molecule has 0 bridgehead atoms. The van der Waals surface area contributed by atoms with Gasteiger partial charge in [0.05, 0.1) is 0 Å². The normalized spacial score (nSPS) is 12.9. The van der Waals surface area contributed by atoms with Crippen LogP contribution in [0.15, 0.2) is 24.3 Å². The van der Waals surface area contributed by atoms with Crippen LogP contribution in [0.1, 0.15) is 26.3 Å². The van der Waals surface area contributed by atoms with Gasteiger partial charge in [0.2, 0.25) is 0 Å². The quantitative estimate of drug-likeness (QED) is 0.855. The molecule has 0 spiro atoms. The summed E-state index contributed by atoms with van der Waals surface area (Å²) in [5.74, 6) is 0.220. The highest BCUT2D eigenvalue weighted by molar-refractivity contribution is 5.81. The summed E-state index contributed by atoms with van der Waals surface area (Å²) in [5.41, 5.74) is 0.774. The number of aryl methyl sites for hydroxylation is 1. The number of aliphatic hydroxyl groups is 1. The maximum Gasteiger partial charge on any atom is 0.252 e. The van der Waals surface area contributed by atoms with Crippen molar-refractivity contribution in [2.75, 3.05) is 6.61 Å². The number of hydrogen-bond acceptors (Lipinski definition) is 3. The summed E-state index contributed by atoms with van der Waals surface area (Å²) in [5, 5.41) is 12.4. The zero-order valence-corrected chi connectivity index (χ0v) is 11.4. The van der Waals surface area contributed by atoms with Crippen molar-refractivity contribution in [3.05, 3.63) is 29.8 Å². The molecule has 0 radical (unpaired) electrons. The fourth-order valence-electron chi connectivity index (χ4n) is 1.34. The average molecular weight is 251 g/mol. The van der Waals surface area contributed by atoms with E-state index in [2.05, 4.69) is 5.32 Å². The Morgan fingerprint density at radius 2 is 1.89 bits per heavy atom. The zero-order valence-electron chi connectivity index (χ0n) is 11.4. The minimum absolute atomic E-state index is 0.0506. The van der Waals surface area contributed by atoms with Gasteiger partial charge in [0.15, 0.2) is 6.10 Å². The van der Waals surface area contributed by atoms with Crippen LogP contribution in [0.3, 0.4) is 0 Å². The number of aliphatic hydroxyl groups excluding tert-OH is 1. The third-order valence-electron chi connectivity index (χ3n) is 2.23. The van der Waals surface area contributed by atoms with E-state index in [0.717, 1.165) is 5.56 Å². The van der Waals surface area contributed by atoms with Gasteiger partial charge in [0.1, 0.15) is 12.4 Å². The Labute approximate surface area is 108 Å². The Morgan fingerprint density at radius 3 is 2.39 bits per heavy atom. The molecule has 0 aliphatic rings. The molecule has 1 atom stereocenters. The van der Waals surface area contributed by atoms with Gasteiger partial charge in [-0.15, -0.1) is 0 Å². The molecule has 0 aliphatic carbocycles. The van der Waals surface area contributed by atoms with Gasteiger partial charge in [0.25, 0.3) is 5.91 Å². The summed E-state index contributed by atoms with van der Waals surface area (Å²) in [7, 11) is 0. The van der Waals surface area contributed by atoms with E-state index in [1.54, 1.807) is 0 Å². The third-order valence-corrected chi connectivity index (χ3v) is 2.23. The standard InChI is InChI=1S/C14H21NO3/c1-10-5-7-11(8-6-10)18-9-12(16)13(17)15-14(2,3)4/h5-8,12,16H,9H2,1-4H3,(H,15,17). The highest BCUT2D eigenvalue weighted by Gasteiger charge is 2.21. The summed E-state index contributed by atoms with van der Waals surface area (Å²) >= 11 is 0. The van der Waals surface area contributed by atoms with Gasteiger partial charge in [0, 0.05) is 5.54 Å². The lowest BCUT2D eigenvalue weighted by atomic mass is 10.1. The van der Waals surface area contributed by atoms with Crippen LogP contribution >= 0.6 is 0 Å². The van der Waals surface area contributed by atoms with Gasteiger partial charge in [-0.05, 0) is 39.8 Å². The Morgan fingerprint density at radius 1 is 1.33 bits per heavy atom. The van der Waals surface area contributed by atoms with Crippen LogP contribution in [0, 0.1) is 6.92 Å². The second-order valence-corrected chi connectivity index (χ2v) is 5.38. The number of ether oxygens (including phenoxy) is 1. The van der Waals surface area contributed by atoms with E-state index in [1.165, 1.54) is 0 Å². The number of carbonyl (C=O) groups excluding carboxylic acids is 1. The zero-order chi connectivity index (χ0) is 13.8. The lowest BCUT2D eigenvalue weighted by molar-refractivity contribution is -0.132. The molecule has 0 fully saturated rings. The lowest BCUT2D eigenvalue weighted by Crippen LogP contribution is -2.47. The monoisotopic (exact) mass is 251 g/mol. The van der Waals surface area contributed by atoms with Crippen molar-refractivity contribution < 1.29 is 14.6 Å². The number of hydrogen-bond donors (Lipinski definition) is 2. The van der Waals surface area contributed by atoms with Crippen molar-refractivity contribution in [3.63, 3.8) is 0 Å². The molecule has 100 valence electrons. The van der Waals surface area contributed by atoms with Gasteiger partial charge in [-0.1, -0.05) is 17.7 Å². The Hall–Kier alpha value is -1.55. The van der Waals surface area contributed by atoms with E-state index >= 15 is 0 Å². The predicted molar refractivity (Wildman–Crippen MR) is 70.6 cm³/mol. The van der Waals surface area contributed by atoms with Crippen LogP contribution in [0.4, 0.5) is 0 Å². The SMILES string of the molecule is Cc1ccc(OCC(O)C(=O)NC(C)(C)C)cc1. The highest BCUT2D eigenvalue weighted by atomic mass is 16.5. The van der Waals surface area contributed by atoms with Crippen LogP contribution in [0.25, 0.3) is 0 Å². The third kappa shape index (κ3) is 5.19. The predicted octanol–water partition coefficient (Wildman–Crippen LogP) is 1.65. The summed E-state index contributed by atoms with van der Waals surface area (Å²) < 4.78 is 5.35. The molecule has 1 aromatic rings. The first-order chi connectivity index (χ1) is 8.28. The molecule has 1 amide bonds. The second kappa shape index (κ2) is 5.87. The van der Waals surface area contributed by atoms with E-state index in [-0.39, 0.29) is 12.1 Å². The smallest absolute Gasteiger partial charge is 0.252 e. The molecular weight excluding hydrogens is 230 g/mol. The van der Waals surface area contributed by atoms with Crippen LogP contribution in [-0.2, 0) is 4.79 Å². The molecule has 0 aromatic heterocycles. The van der Waals surface area contributed by atoms with Gasteiger partial charge in [-0.2, -0.15) is 0 Å². The first-order valence-electron chi connectivity index (χ1n) is 5.97. The molecule has 0 heterocycles. The van der Waals surface area contributed by atoms with Crippen molar-refractivity contribution in [3.8, 4) is 5.75 Å². The minimum Gasteiger partial charge on any atom is -0.490 e. The Balaban J connectivity index is 2.43. The summed E-state index contributed by atoms with van der Waals surface area (Å²) in [6.45, 7) is 7.51. The van der Waals surface area contributed by atoms with E-state index < -0.39 is 12.0 Å². The maximum atomic E-state index is 11.6. The molecule has 4 nitrogen and oxygen atoms in total. The number of amides is 1. The molecule has 4 heteroatoms. The molecule has 2 N–H and O–H groups in total. The minimum atomic E-state index is -1.16. The first-order valence-corrected chi connectivity index (χ1v) is 5.97. The fraction of sp³-hybridized carbons (Fsp3) is 0.500. The van der Waals surface area contributed by atoms with Crippen molar-refractivity contribution in [1.82, 2.24) is 5.32 Å². The topological polar surface area (TPSA) is 58.6 Å². The van der Waals surface area contributed by atoms with Gasteiger partial charge < -0.3 is 15.2 Å². The van der Waals surface area contributed by atoms with Crippen LogP contribution in [0.2, 0.25) is 0 Å². The maximum absolute atomic E-state index is 11.6. The number of rotatable bonds is 4. The molecule has 18 heavy (non-hydrogen) atoms. The molecule has 1 rings (SSSR count). The summed E-state index contributed by atoms with van der Waals surface area (Å²) in [6.07, 6.45) is -1.16. The Kier molecular flexibility index (Phi) is 4.73. The molecule has 1 unspecified atom stereocenters. The summed E-state index contributed by atoms with van der Waals surface area (Å²) in [6, 6.07) is 7.45. The van der Waals surface area contributed by atoms with Crippen molar-refractivity contribution >= 4 is 5.91 Å². The van der Waals surface area contributed by atoms with E-state index in [1.807, 2.05) is 52.0 Å². The highest BCUT2D eigenvalue weighted by Crippen LogP contribution is 2.11. The van der Waals surface area contributed by atoms with Gasteiger partial charge in [-0.3, -0.25) is 4.79 Å². The van der Waals surface area contributed by atoms with E-state index in [4.69, 9.17) is 4.74 Å². The largest absolute Gasteiger partial charge is 0.490 e.